The Morgan fingerprint density at radius 3 is 2.13 bits per heavy atom. The summed E-state index contributed by atoms with van der Waals surface area (Å²) in [5.74, 6) is 0.664. The Labute approximate surface area is 262 Å². The number of nitrogens with zero attached hydrogens (tertiary/aromatic N) is 3. The predicted molar refractivity (Wildman–Crippen MR) is 171 cm³/mol. The molecule has 2 fully saturated rings. The lowest BCUT2D eigenvalue weighted by atomic mass is 10.0. The molecule has 1 aromatic heterocycles. The summed E-state index contributed by atoms with van der Waals surface area (Å²) in [4.78, 5) is 46.1. The van der Waals surface area contributed by atoms with Gasteiger partial charge in [-0.2, -0.15) is 0 Å². The first kappa shape index (κ1) is 28.9. The topological polar surface area (TPSA) is 104 Å². The SMILES string of the molecule is CC(C)(C)OC(=O)NNC1C2CN(Cc3cccc(-c4ccc(-c5cccc(N6C(=O)c7ccccc7C6=O)n5)cc4)c3)CC21. The predicted octanol–water partition coefficient (Wildman–Crippen LogP) is 5.68. The minimum atomic E-state index is -0.519. The van der Waals surface area contributed by atoms with Gasteiger partial charge < -0.3 is 4.74 Å². The molecule has 0 bridgehead atoms. The summed E-state index contributed by atoms with van der Waals surface area (Å²) in [6.07, 6.45) is -0.444. The van der Waals surface area contributed by atoms with E-state index in [2.05, 4.69) is 57.1 Å². The van der Waals surface area contributed by atoms with Gasteiger partial charge in [-0.1, -0.05) is 60.7 Å². The first-order chi connectivity index (χ1) is 21.6. The third-order valence-electron chi connectivity index (χ3n) is 8.61. The van der Waals surface area contributed by atoms with Crippen LogP contribution < -0.4 is 15.8 Å². The highest BCUT2D eigenvalue weighted by Crippen LogP contribution is 2.45. The lowest BCUT2D eigenvalue weighted by molar-refractivity contribution is 0.0492. The molecule has 9 nitrogen and oxygen atoms in total. The molecule has 1 saturated carbocycles. The minimum absolute atomic E-state index is 0.293. The number of likely N-dealkylation sites (tertiary alicyclic amines) is 1. The molecule has 1 aliphatic carbocycles. The molecular formula is C36H35N5O4. The average molecular weight is 602 g/mol. The smallest absolute Gasteiger partial charge is 0.422 e. The number of benzene rings is 3. The Kier molecular flexibility index (Phi) is 7.22. The van der Waals surface area contributed by atoms with Crippen molar-refractivity contribution >= 4 is 23.7 Å². The van der Waals surface area contributed by atoms with Crippen LogP contribution in [0.25, 0.3) is 22.4 Å². The molecule has 2 aliphatic heterocycles. The quantitative estimate of drug-likeness (QED) is 0.208. The molecule has 2 atom stereocenters. The van der Waals surface area contributed by atoms with Gasteiger partial charge in [0.15, 0.2) is 0 Å². The van der Waals surface area contributed by atoms with E-state index in [9.17, 15) is 14.4 Å². The Morgan fingerprint density at radius 1 is 0.822 bits per heavy atom. The van der Waals surface area contributed by atoms with E-state index < -0.39 is 11.7 Å². The first-order valence-corrected chi connectivity index (χ1v) is 15.3. The number of hydrazine groups is 1. The van der Waals surface area contributed by atoms with E-state index in [0.29, 0.717) is 40.5 Å². The Morgan fingerprint density at radius 2 is 1.47 bits per heavy atom. The molecular weight excluding hydrogens is 566 g/mol. The number of hydrogen-bond donors (Lipinski definition) is 2. The van der Waals surface area contributed by atoms with Crippen molar-refractivity contribution in [1.82, 2.24) is 20.7 Å². The Hall–Kier alpha value is -4.86. The fourth-order valence-electron chi connectivity index (χ4n) is 6.45. The van der Waals surface area contributed by atoms with E-state index in [4.69, 9.17) is 4.74 Å². The van der Waals surface area contributed by atoms with Gasteiger partial charge >= 0.3 is 6.09 Å². The summed E-state index contributed by atoms with van der Waals surface area (Å²) < 4.78 is 5.31. The molecule has 3 heterocycles. The van der Waals surface area contributed by atoms with Gasteiger partial charge in [0, 0.05) is 31.2 Å². The number of amides is 3. The molecule has 2 unspecified atom stereocenters. The highest BCUT2D eigenvalue weighted by atomic mass is 16.6. The number of hydrogen-bond acceptors (Lipinski definition) is 7. The number of aromatic nitrogens is 1. The molecule has 2 N–H and O–H groups in total. The number of nitrogens with one attached hydrogen (secondary N) is 2. The molecule has 7 rings (SSSR count). The maximum absolute atomic E-state index is 13.0. The number of piperidine rings is 1. The molecule has 3 aliphatic rings. The molecule has 0 radical (unpaired) electrons. The van der Waals surface area contributed by atoms with Crippen molar-refractivity contribution in [1.29, 1.82) is 0 Å². The monoisotopic (exact) mass is 601 g/mol. The molecule has 228 valence electrons. The number of ether oxygens (including phenoxy) is 1. The van der Waals surface area contributed by atoms with Crippen LogP contribution in [0.3, 0.4) is 0 Å². The van der Waals surface area contributed by atoms with E-state index in [1.807, 2.05) is 45.0 Å². The van der Waals surface area contributed by atoms with Crippen molar-refractivity contribution in [3.05, 3.63) is 108 Å². The van der Waals surface area contributed by atoms with Gasteiger partial charge in [-0.25, -0.2) is 20.1 Å². The minimum Gasteiger partial charge on any atom is -0.443 e. The molecule has 3 amide bonds. The second kappa shape index (κ2) is 11.3. The maximum Gasteiger partial charge on any atom is 0.422 e. The Bertz CT molecular complexity index is 1750. The number of fused-ring (bicyclic) bond motifs is 2. The van der Waals surface area contributed by atoms with Gasteiger partial charge in [0.05, 0.1) is 16.8 Å². The molecule has 0 spiro atoms. The third kappa shape index (κ3) is 5.84. The van der Waals surface area contributed by atoms with Crippen LogP contribution in [-0.4, -0.2) is 52.5 Å². The van der Waals surface area contributed by atoms with Gasteiger partial charge in [0.25, 0.3) is 11.8 Å². The van der Waals surface area contributed by atoms with Crippen LogP contribution in [0, 0.1) is 11.8 Å². The zero-order valence-corrected chi connectivity index (χ0v) is 25.5. The molecule has 1 saturated heterocycles. The van der Waals surface area contributed by atoms with Gasteiger partial charge in [-0.3, -0.25) is 19.9 Å². The fourth-order valence-corrected chi connectivity index (χ4v) is 6.45. The van der Waals surface area contributed by atoms with Crippen molar-refractivity contribution in [3.63, 3.8) is 0 Å². The first-order valence-electron chi connectivity index (χ1n) is 15.3. The molecule has 4 aromatic rings. The molecule has 45 heavy (non-hydrogen) atoms. The van der Waals surface area contributed by atoms with Crippen molar-refractivity contribution in [2.45, 2.75) is 39.0 Å². The number of rotatable bonds is 7. The van der Waals surface area contributed by atoms with E-state index >= 15 is 0 Å². The van der Waals surface area contributed by atoms with Crippen LogP contribution in [-0.2, 0) is 11.3 Å². The summed E-state index contributed by atoms with van der Waals surface area (Å²) in [5, 5.41) is 0. The third-order valence-corrected chi connectivity index (χ3v) is 8.61. The maximum atomic E-state index is 13.0. The zero-order valence-electron chi connectivity index (χ0n) is 25.5. The summed E-state index contributed by atoms with van der Waals surface area (Å²) in [6, 6.07) is 29.3. The number of imide groups is 1. The lowest BCUT2D eigenvalue weighted by Crippen LogP contribution is -2.44. The van der Waals surface area contributed by atoms with Crippen molar-refractivity contribution in [2.24, 2.45) is 11.8 Å². The fraction of sp³-hybridized carbons (Fsp3) is 0.278. The van der Waals surface area contributed by atoms with E-state index in [1.165, 1.54) is 5.56 Å². The number of pyridine rings is 1. The number of carbonyl (C=O) groups is 3. The van der Waals surface area contributed by atoms with Crippen LogP contribution in [0.4, 0.5) is 10.6 Å². The lowest BCUT2D eigenvalue weighted by Gasteiger charge is -2.22. The number of carbonyl (C=O) groups excluding carboxylic acids is 3. The largest absolute Gasteiger partial charge is 0.443 e. The van der Waals surface area contributed by atoms with E-state index in [0.717, 1.165) is 41.2 Å². The number of anilines is 1. The van der Waals surface area contributed by atoms with Gasteiger partial charge in [-0.05, 0) is 79.6 Å². The Balaban J connectivity index is 0.970. The second-order valence-corrected chi connectivity index (χ2v) is 13.0. The van der Waals surface area contributed by atoms with Crippen LogP contribution in [0.2, 0.25) is 0 Å². The van der Waals surface area contributed by atoms with Crippen LogP contribution >= 0.6 is 0 Å². The highest BCUT2D eigenvalue weighted by molar-refractivity contribution is 6.34. The van der Waals surface area contributed by atoms with Crippen molar-refractivity contribution in [3.8, 4) is 22.4 Å². The van der Waals surface area contributed by atoms with Crippen LogP contribution in [0.1, 0.15) is 47.1 Å². The summed E-state index contributed by atoms with van der Waals surface area (Å²) in [7, 11) is 0. The van der Waals surface area contributed by atoms with Crippen LogP contribution in [0.15, 0.2) is 91.0 Å². The molecule has 9 heteroatoms. The standard InChI is InChI=1S/C36H35N5O4/c1-36(2,3)45-35(44)39-38-32-28-20-40(21-29(28)32)19-22-8-6-9-25(18-22)23-14-16-24(17-15-23)30-12-7-13-31(37-30)41-33(42)26-10-4-5-11-27(26)34(41)43/h4-18,28-29,32,38H,19-21H2,1-3H3,(H,39,44). The van der Waals surface area contributed by atoms with Gasteiger partial charge in [-0.15, -0.1) is 0 Å². The second-order valence-electron chi connectivity index (χ2n) is 13.0. The normalized spacial score (nSPS) is 20.6. The van der Waals surface area contributed by atoms with Crippen molar-refractivity contribution in [2.75, 3.05) is 18.0 Å². The highest BCUT2D eigenvalue weighted by Gasteiger charge is 2.55. The van der Waals surface area contributed by atoms with E-state index in [1.54, 1.807) is 30.3 Å². The summed E-state index contributed by atoms with van der Waals surface area (Å²) in [6.45, 7) is 8.40. The van der Waals surface area contributed by atoms with E-state index in [-0.39, 0.29) is 11.8 Å². The van der Waals surface area contributed by atoms with Gasteiger partial charge in [0.2, 0.25) is 0 Å². The zero-order chi connectivity index (χ0) is 31.3. The average Bonchev–Trinajstić information content (AvgIpc) is 3.35. The molecule has 3 aromatic carbocycles. The van der Waals surface area contributed by atoms with Crippen LogP contribution in [0.5, 0.6) is 0 Å². The summed E-state index contributed by atoms with van der Waals surface area (Å²) >= 11 is 0. The summed E-state index contributed by atoms with van der Waals surface area (Å²) in [5.41, 5.74) is 11.2. The van der Waals surface area contributed by atoms with Gasteiger partial charge in [0.1, 0.15) is 11.4 Å². The van der Waals surface area contributed by atoms with Crippen molar-refractivity contribution < 1.29 is 19.1 Å².